The lowest BCUT2D eigenvalue weighted by atomic mass is 10.3. The number of nitrogens with zero attached hydrogens (tertiary/aromatic N) is 2. The Morgan fingerprint density at radius 3 is 2.18 bits per heavy atom. The lowest BCUT2D eigenvalue weighted by Gasteiger charge is -2.21. The number of para-hydroxylation sites is 1. The van der Waals surface area contributed by atoms with Gasteiger partial charge in [0.05, 0.1) is 5.69 Å². The molecular weight excluding hydrogens is 240 g/mol. The van der Waals surface area contributed by atoms with Gasteiger partial charge in [0.2, 0.25) is 0 Å². The molecule has 1 N–H and O–H groups in total. The fourth-order valence-corrected chi connectivity index (χ4v) is 2.25. The summed E-state index contributed by atoms with van der Waals surface area (Å²) in [5, 5.41) is 0. The van der Waals surface area contributed by atoms with Gasteiger partial charge in [-0.2, -0.15) is 8.42 Å². The number of rotatable bonds is 6. The highest BCUT2D eigenvalue weighted by Crippen LogP contribution is 2.16. The molecule has 0 fully saturated rings. The van der Waals surface area contributed by atoms with E-state index >= 15 is 0 Å². The average molecular weight is 258 g/mol. The number of hydrogen-bond donors (Lipinski definition) is 1. The minimum absolute atomic E-state index is 0.265. The van der Waals surface area contributed by atoms with E-state index in [1.807, 2.05) is 19.0 Å². The molecule has 17 heavy (non-hydrogen) atoms. The van der Waals surface area contributed by atoms with Crippen LogP contribution in [0.2, 0.25) is 0 Å². The first-order valence-corrected chi connectivity index (χ1v) is 6.76. The van der Waals surface area contributed by atoms with Crippen molar-refractivity contribution in [2.24, 2.45) is 0 Å². The van der Waals surface area contributed by atoms with Crippen molar-refractivity contribution < 1.29 is 13.0 Å². The standard InChI is InChI=1S/C11H18N2O3S/c1-12(2)9-6-10-13(17(14,15)16)11-7-4-3-5-8-11/h3-5,7-8H,6,9-10H2,1-2H3,(H,14,15,16). The Kier molecular flexibility index (Phi) is 4.92. The van der Waals surface area contributed by atoms with Crippen LogP contribution in [0, 0.1) is 0 Å². The van der Waals surface area contributed by atoms with Crippen LogP contribution >= 0.6 is 0 Å². The molecule has 0 spiro atoms. The van der Waals surface area contributed by atoms with E-state index in [-0.39, 0.29) is 6.54 Å². The Hall–Kier alpha value is -1.11. The highest BCUT2D eigenvalue weighted by molar-refractivity contribution is 7.87. The van der Waals surface area contributed by atoms with Crippen LogP contribution < -0.4 is 4.31 Å². The van der Waals surface area contributed by atoms with Gasteiger partial charge in [-0.25, -0.2) is 4.31 Å². The third-order valence-electron chi connectivity index (χ3n) is 2.29. The van der Waals surface area contributed by atoms with Crippen LogP contribution in [-0.2, 0) is 10.3 Å². The van der Waals surface area contributed by atoms with E-state index in [9.17, 15) is 13.0 Å². The van der Waals surface area contributed by atoms with Crippen LogP contribution in [-0.4, -0.2) is 45.1 Å². The predicted molar refractivity (Wildman–Crippen MR) is 68.5 cm³/mol. The summed E-state index contributed by atoms with van der Waals surface area (Å²) in [7, 11) is -0.367. The van der Waals surface area contributed by atoms with Crippen molar-refractivity contribution in [1.82, 2.24) is 4.90 Å². The molecule has 1 aromatic carbocycles. The van der Waals surface area contributed by atoms with Gasteiger partial charge in [0.1, 0.15) is 0 Å². The quantitative estimate of drug-likeness (QED) is 0.780. The second-order valence-corrected chi connectivity index (χ2v) is 5.38. The van der Waals surface area contributed by atoms with Crippen molar-refractivity contribution >= 4 is 16.0 Å². The lowest BCUT2D eigenvalue weighted by Crippen LogP contribution is -2.32. The Balaban J connectivity index is 2.77. The largest absolute Gasteiger partial charge is 0.359 e. The molecule has 5 nitrogen and oxygen atoms in total. The summed E-state index contributed by atoms with van der Waals surface area (Å²) in [6.07, 6.45) is 0.654. The molecule has 0 unspecified atom stereocenters. The highest BCUT2D eigenvalue weighted by atomic mass is 32.2. The number of hydrogen-bond acceptors (Lipinski definition) is 3. The van der Waals surface area contributed by atoms with Crippen molar-refractivity contribution in [3.8, 4) is 0 Å². The van der Waals surface area contributed by atoms with Crippen molar-refractivity contribution in [1.29, 1.82) is 0 Å². The van der Waals surface area contributed by atoms with E-state index in [0.29, 0.717) is 12.1 Å². The van der Waals surface area contributed by atoms with Gasteiger partial charge in [0.25, 0.3) is 0 Å². The van der Waals surface area contributed by atoms with Gasteiger partial charge in [0.15, 0.2) is 0 Å². The molecule has 96 valence electrons. The first-order chi connectivity index (χ1) is 7.91. The molecule has 1 rings (SSSR count). The lowest BCUT2D eigenvalue weighted by molar-refractivity contribution is 0.401. The zero-order valence-corrected chi connectivity index (χ0v) is 10.9. The highest BCUT2D eigenvalue weighted by Gasteiger charge is 2.18. The van der Waals surface area contributed by atoms with Crippen molar-refractivity contribution in [3.63, 3.8) is 0 Å². The van der Waals surface area contributed by atoms with E-state index in [1.54, 1.807) is 30.3 Å². The smallest absolute Gasteiger partial charge is 0.309 e. The van der Waals surface area contributed by atoms with Crippen molar-refractivity contribution in [2.45, 2.75) is 6.42 Å². The molecule has 0 saturated carbocycles. The molecule has 1 aromatic rings. The third-order valence-corrected chi connectivity index (χ3v) is 3.24. The zero-order chi connectivity index (χ0) is 12.9. The Morgan fingerprint density at radius 1 is 1.12 bits per heavy atom. The molecule has 0 radical (unpaired) electrons. The maximum absolute atomic E-state index is 11.3. The fourth-order valence-electron chi connectivity index (χ4n) is 1.50. The summed E-state index contributed by atoms with van der Waals surface area (Å²) >= 11 is 0. The minimum atomic E-state index is -4.20. The van der Waals surface area contributed by atoms with E-state index in [1.165, 1.54) is 0 Å². The Morgan fingerprint density at radius 2 is 1.71 bits per heavy atom. The van der Waals surface area contributed by atoms with Gasteiger partial charge >= 0.3 is 10.3 Å². The maximum atomic E-state index is 11.3. The summed E-state index contributed by atoms with van der Waals surface area (Å²) in [6.45, 7) is 1.03. The average Bonchev–Trinajstić information content (AvgIpc) is 2.23. The Labute approximate surface area is 103 Å². The molecule has 0 atom stereocenters. The summed E-state index contributed by atoms with van der Waals surface area (Å²) < 4.78 is 32.7. The monoisotopic (exact) mass is 258 g/mol. The van der Waals surface area contributed by atoms with Gasteiger partial charge in [0, 0.05) is 6.54 Å². The first kappa shape index (κ1) is 14.0. The zero-order valence-electron chi connectivity index (χ0n) is 10.1. The summed E-state index contributed by atoms with van der Waals surface area (Å²) in [6, 6.07) is 8.58. The SMILES string of the molecule is CN(C)CCCN(c1ccccc1)S(=O)(=O)O. The van der Waals surface area contributed by atoms with Gasteiger partial charge in [-0.05, 0) is 39.2 Å². The summed E-state index contributed by atoms with van der Waals surface area (Å²) in [5.74, 6) is 0. The van der Waals surface area contributed by atoms with Gasteiger partial charge in [-0.1, -0.05) is 18.2 Å². The van der Waals surface area contributed by atoms with Crippen LogP contribution in [0.1, 0.15) is 6.42 Å². The molecular formula is C11H18N2O3S. The van der Waals surface area contributed by atoms with Crippen LogP contribution in [0.25, 0.3) is 0 Å². The summed E-state index contributed by atoms with van der Waals surface area (Å²) in [5.41, 5.74) is 0.480. The minimum Gasteiger partial charge on any atom is -0.309 e. The van der Waals surface area contributed by atoms with Crippen LogP contribution in [0.5, 0.6) is 0 Å². The fraction of sp³-hybridized carbons (Fsp3) is 0.455. The second kappa shape index (κ2) is 6.00. The van der Waals surface area contributed by atoms with Crippen molar-refractivity contribution in [2.75, 3.05) is 31.5 Å². The molecule has 0 bridgehead atoms. The number of benzene rings is 1. The molecule has 0 aromatic heterocycles. The molecule has 0 amide bonds. The third kappa shape index (κ3) is 4.72. The molecule has 0 saturated heterocycles. The van der Waals surface area contributed by atoms with E-state index < -0.39 is 10.3 Å². The van der Waals surface area contributed by atoms with E-state index in [4.69, 9.17) is 0 Å². The topological polar surface area (TPSA) is 60.9 Å². The molecule has 0 aliphatic carbocycles. The number of anilines is 1. The van der Waals surface area contributed by atoms with Gasteiger partial charge < -0.3 is 4.90 Å². The van der Waals surface area contributed by atoms with Crippen LogP contribution in [0.3, 0.4) is 0 Å². The molecule has 0 aliphatic rings. The van der Waals surface area contributed by atoms with E-state index in [2.05, 4.69) is 0 Å². The molecule has 0 aliphatic heterocycles. The first-order valence-electron chi connectivity index (χ1n) is 5.36. The van der Waals surface area contributed by atoms with E-state index in [0.717, 1.165) is 10.8 Å². The van der Waals surface area contributed by atoms with Crippen LogP contribution in [0.15, 0.2) is 30.3 Å². The molecule has 0 heterocycles. The van der Waals surface area contributed by atoms with Gasteiger partial charge in [-0.15, -0.1) is 0 Å². The normalized spacial score (nSPS) is 11.8. The van der Waals surface area contributed by atoms with Gasteiger partial charge in [-0.3, -0.25) is 4.55 Å². The Bertz CT molecular complexity index is 431. The van der Waals surface area contributed by atoms with Crippen LogP contribution in [0.4, 0.5) is 5.69 Å². The second-order valence-electron chi connectivity index (χ2n) is 4.04. The van der Waals surface area contributed by atoms with Crippen molar-refractivity contribution in [3.05, 3.63) is 30.3 Å². The molecule has 6 heteroatoms. The summed E-state index contributed by atoms with van der Waals surface area (Å²) in [4.78, 5) is 1.97. The predicted octanol–water partition coefficient (Wildman–Crippen LogP) is 1.25. The maximum Gasteiger partial charge on any atom is 0.359 e.